The smallest absolute Gasteiger partial charge is 0.217 e. The molecule has 3 aliphatic rings. The van der Waals surface area contributed by atoms with Gasteiger partial charge in [0.2, 0.25) is 5.91 Å². The third kappa shape index (κ3) is 18.3. The Morgan fingerprint density at radius 2 is 0.952 bits per heavy atom. The molecular weight excluding hydrogens is 830 g/mol. The predicted octanol–water partition coefficient (Wildman–Crippen LogP) is -0.0852. The first-order chi connectivity index (χ1) is 30.3. The monoisotopic (exact) mass is 912 g/mol. The van der Waals surface area contributed by atoms with Gasteiger partial charge in [-0.1, -0.05) is 122 Å². The Bertz CT molecular complexity index is 1230. The highest BCUT2D eigenvalue weighted by atomic mass is 16.8. The van der Waals surface area contributed by atoms with Crippen molar-refractivity contribution < 1.29 is 89.4 Å². The number of hydrogen-bond acceptors (Lipinski definition) is 18. The van der Waals surface area contributed by atoms with E-state index in [1.54, 1.807) is 6.08 Å². The summed E-state index contributed by atoms with van der Waals surface area (Å²) in [6.45, 7) is 0.735. The van der Waals surface area contributed by atoms with E-state index in [0.717, 1.165) is 25.7 Å². The number of nitrogens with one attached hydrogen (secondary N) is 1. The minimum Gasteiger partial charge on any atom is -0.394 e. The topological polar surface area (TPSA) is 307 Å². The lowest BCUT2D eigenvalue weighted by atomic mass is 9.96. The molecule has 63 heavy (non-hydrogen) atoms. The fraction of sp³-hybridized carbons (Fsp3) is 0.932. The van der Waals surface area contributed by atoms with Crippen LogP contribution in [0.5, 0.6) is 0 Å². The van der Waals surface area contributed by atoms with E-state index in [1.165, 1.54) is 96.8 Å². The Hall–Kier alpha value is -1.47. The zero-order valence-corrected chi connectivity index (χ0v) is 37.3. The maximum atomic E-state index is 12.0. The molecule has 3 saturated heterocycles. The molecule has 3 heterocycles. The van der Waals surface area contributed by atoms with Crippen LogP contribution in [0.25, 0.3) is 0 Å². The minimum absolute atomic E-state index is 0.368. The molecule has 1 amide bonds. The molecule has 0 bridgehead atoms. The second kappa shape index (κ2) is 30.7. The summed E-state index contributed by atoms with van der Waals surface area (Å²) in [5, 5.41) is 118. The van der Waals surface area contributed by atoms with Gasteiger partial charge in [-0.3, -0.25) is 4.79 Å². The highest BCUT2D eigenvalue weighted by Crippen LogP contribution is 2.33. The predicted molar refractivity (Wildman–Crippen MR) is 227 cm³/mol. The van der Waals surface area contributed by atoms with Crippen LogP contribution in [0.1, 0.15) is 129 Å². The van der Waals surface area contributed by atoms with Gasteiger partial charge in [0.15, 0.2) is 18.9 Å². The number of rotatable bonds is 31. The summed E-state index contributed by atoms with van der Waals surface area (Å²) in [5.74, 6) is -0.452. The molecule has 0 radical (unpaired) electrons. The Labute approximate surface area is 372 Å². The van der Waals surface area contributed by atoms with E-state index in [9.17, 15) is 61.0 Å². The van der Waals surface area contributed by atoms with Crippen LogP contribution in [0, 0.1) is 0 Å². The molecule has 3 fully saturated rings. The minimum atomic E-state index is -1.97. The molecule has 17 unspecified atom stereocenters. The molecule has 0 aromatic carbocycles. The molecule has 0 saturated carbocycles. The Kier molecular flexibility index (Phi) is 27.3. The van der Waals surface area contributed by atoms with Crippen molar-refractivity contribution in [2.24, 2.45) is 0 Å². The lowest BCUT2D eigenvalue weighted by molar-refractivity contribution is -0.379. The second-order valence-electron chi connectivity index (χ2n) is 17.3. The summed E-state index contributed by atoms with van der Waals surface area (Å²) in [5.41, 5.74) is 0. The number of aliphatic hydroxyl groups is 11. The lowest BCUT2D eigenvalue weighted by Gasteiger charge is -2.48. The van der Waals surface area contributed by atoms with Crippen molar-refractivity contribution in [3.05, 3.63) is 12.2 Å². The number of hydrogen-bond donors (Lipinski definition) is 12. The molecule has 0 aromatic heterocycles. The Morgan fingerprint density at radius 3 is 1.40 bits per heavy atom. The van der Waals surface area contributed by atoms with Gasteiger partial charge in [-0.2, -0.15) is 0 Å². The van der Waals surface area contributed by atoms with Gasteiger partial charge in [0.25, 0.3) is 0 Å². The summed E-state index contributed by atoms with van der Waals surface area (Å²) in [6.07, 6.45) is -0.812. The quantitative estimate of drug-likeness (QED) is 0.0320. The number of allylic oxidation sites excluding steroid dienone is 1. The molecule has 0 aromatic rings. The first kappa shape index (κ1) is 55.9. The molecule has 0 aliphatic carbocycles. The molecular formula is C44H81NO18. The molecule has 3 rings (SSSR count). The Balaban J connectivity index is 1.40. The van der Waals surface area contributed by atoms with Crippen LogP contribution >= 0.6 is 0 Å². The van der Waals surface area contributed by atoms with E-state index in [4.69, 9.17) is 28.4 Å². The van der Waals surface area contributed by atoms with Crippen molar-refractivity contribution in [2.75, 3.05) is 26.4 Å². The van der Waals surface area contributed by atoms with Crippen LogP contribution in [0.4, 0.5) is 0 Å². The van der Waals surface area contributed by atoms with Crippen molar-refractivity contribution >= 4 is 5.91 Å². The van der Waals surface area contributed by atoms with Crippen LogP contribution in [0.3, 0.4) is 0 Å². The van der Waals surface area contributed by atoms with Crippen molar-refractivity contribution in [1.82, 2.24) is 5.32 Å². The van der Waals surface area contributed by atoms with Gasteiger partial charge in [-0.05, 0) is 12.8 Å². The summed E-state index contributed by atoms with van der Waals surface area (Å²) < 4.78 is 33.6. The van der Waals surface area contributed by atoms with Crippen LogP contribution in [-0.4, -0.2) is 193 Å². The van der Waals surface area contributed by atoms with Crippen molar-refractivity contribution in [1.29, 1.82) is 0 Å². The molecule has 19 nitrogen and oxygen atoms in total. The molecule has 3 aliphatic heterocycles. The fourth-order valence-corrected chi connectivity index (χ4v) is 8.22. The number of aliphatic hydroxyl groups excluding tert-OH is 11. The molecule has 12 N–H and O–H groups in total. The molecule has 370 valence electrons. The van der Waals surface area contributed by atoms with Crippen molar-refractivity contribution in [3.63, 3.8) is 0 Å². The number of unbranched alkanes of at least 4 members (excludes halogenated alkanes) is 17. The maximum Gasteiger partial charge on any atom is 0.217 e. The SMILES string of the molecule is CCCCCCCCCCCCCCCCCCC/C=C/C(O)C(COC1OC(CO)C(OC2OC(CO)C(OC3OC(CO)C(O)C(O)C3O)C(O)C2O)C(O)C1O)NC(C)=O. The zero-order chi connectivity index (χ0) is 46.3. The van der Waals surface area contributed by atoms with E-state index >= 15 is 0 Å². The van der Waals surface area contributed by atoms with Gasteiger partial charge in [0, 0.05) is 6.92 Å². The van der Waals surface area contributed by atoms with Crippen LogP contribution in [-0.2, 0) is 33.2 Å². The third-order valence-corrected chi connectivity index (χ3v) is 12.1. The number of carbonyl (C=O) groups excluding carboxylic acids is 1. The van der Waals surface area contributed by atoms with Crippen molar-refractivity contribution in [2.45, 2.75) is 234 Å². The van der Waals surface area contributed by atoms with E-state index in [1.807, 2.05) is 6.08 Å². The molecule has 0 spiro atoms. The average Bonchev–Trinajstić information content (AvgIpc) is 3.27. The first-order valence-corrected chi connectivity index (χ1v) is 23.4. The van der Waals surface area contributed by atoms with Crippen LogP contribution < -0.4 is 5.32 Å². The third-order valence-electron chi connectivity index (χ3n) is 12.1. The van der Waals surface area contributed by atoms with E-state index in [2.05, 4.69) is 12.2 Å². The standard InChI is InChI=1S/C44H81NO18/c1-3-4-5-6-7-8-9-10-11-12-13-14-15-16-17-18-19-20-21-22-29(50)28(45-27(2)49)26-58-42-38(56)35(53)40(31(24-47)60-42)63-44-39(57)36(54)41(32(25-48)61-44)62-43-37(55)34(52)33(51)30(23-46)59-43/h21-22,28-44,46-48,50-57H,3-20,23-26H2,1-2H3,(H,45,49)/b22-21+. The number of carbonyl (C=O) groups is 1. The van der Waals surface area contributed by atoms with Crippen LogP contribution in [0.15, 0.2) is 12.2 Å². The van der Waals surface area contributed by atoms with E-state index in [-0.39, 0.29) is 6.61 Å². The normalized spacial score (nSPS) is 34.9. The summed E-state index contributed by atoms with van der Waals surface area (Å²) >= 11 is 0. The number of amides is 1. The van der Waals surface area contributed by atoms with Gasteiger partial charge >= 0.3 is 0 Å². The fourth-order valence-electron chi connectivity index (χ4n) is 8.22. The summed E-state index contributed by atoms with van der Waals surface area (Å²) in [4.78, 5) is 12.0. The Morgan fingerprint density at radius 1 is 0.556 bits per heavy atom. The molecule has 17 atom stereocenters. The van der Waals surface area contributed by atoms with Crippen LogP contribution in [0.2, 0.25) is 0 Å². The highest BCUT2D eigenvalue weighted by Gasteiger charge is 2.53. The second-order valence-corrected chi connectivity index (χ2v) is 17.3. The zero-order valence-electron chi connectivity index (χ0n) is 37.3. The maximum absolute atomic E-state index is 12.0. The molecule has 19 heteroatoms. The lowest BCUT2D eigenvalue weighted by Crippen LogP contribution is -2.66. The van der Waals surface area contributed by atoms with Gasteiger partial charge in [-0.15, -0.1) is 0 Å². The van der Waals surface area contributed by atoms with E-state index < -0.39 is 130 Å². The number of ether oxygens (including phenoxy) is 6. The average molecular weight is 912 g/mol. The highest BCUT2D eigenvalue weighted by molar-refractivity contribution is 5.73. The van der Waals surface area contributed by atoms with Gasteiger partial charge in [-0.25, -0.2) is 0 Å². The van der Waals surface area contributed by atoms with Gasteiger partial charge < -0.3 is 89.9 Å². The van der Waals surface area contributed by atoms with E-state index in [0.29, 0.717) is 0 Å². The van der Waals surface area contributed by atoms with Gasteiger partial charge in [0.1, 0.15) is 73.2 Å². The summed E-state index contributed by atoms with van der Waals surface area (Å²) in [7, 11) is 0. The summed E-state index contributed by atoms with van der Waals surface area (Å²) in [6, 6.07) is -0.968. The first-order valence-electron chi connectivity index (χ1n) is 23.4. The largest absolute Gasteiger partial charge is 0.394 e. The van der Waals surface area contributed by atoms with Crippen molar-refractivity contribution in [3.8, 4) is 0 Å². The van der Waals surface area contributed by atoms with Gasteiger partial charge in [0.05, 0.1) is 38.6 Å².